The summed E-state index contributed by atoms with van der Waals surface area (Å²) >= 11 is 5.69. The molecule has 0 heterocycles. The molecule has 0 rings (SSSR count). The third-order valence-electron chi connectivity index (χ3n) is 2.00. The first-order valence-corrected chi connectivity index (χ1v) is 5.64. The van der Waals surface area contributed by atoms with Crippen LogP contribution in [0.2, 0.25) is 0 Å². The van der Waals surface area contributed by atoms with Crippen molar-refractivity contribution in [3.05, 3.63) is 0 Å². The molecule has 0 amide bonds. The number of halogens is 1. The minimum absolute atomic E-state index is 0.0142. The zero-order valence-electron chi connectivity index (χ0n) is 9.56. The van der Waals surface area contributed by atoms with Crippen molar-refractivity contribution in [1.82, 2.24) is 0 Å². The van der Waals surface area contributed by atoms with Gasteiger partial charge < -0.3 is 4.74 Å². The van der Waals surface area contributed by atoms with E-state index in [0.717, 1.165) is 18.7 Å². The molecule has 0 aliphatic heterocycles. The van der Waals surface area contributed by atoms with Crippen LogP contribution < -0.4 is 0 Å². The molecule has 1 nitrogen and oxygen atoms in total. The first-order chi connectivity index (χ1) is 5.87. The van der Waals surface area contributed by atoms with Gasteiger partial charge >= 0.3 is 0 Å². The molecule has 0 bridgehead atoms. The fourth-order valence-electron chi connectivity index (χ4n) is 1.81. The van der Waals surface area contributed by atoms with Crippen LogP contribution in [-0.2, 0) is 4.74 Å². The van der Waals surface area contributed by atoms with Crippen molar-refractivity contribution < 1.29 is 4.74 Å². The van der Waals surface area contributed by atoms with Crippen molar-refractivity contribution in [1.29, 1.82) is 0 Å². The number of alkyl halides is 1. The van der Waals surface area contributed by atoms with Crippen LogP contribution >= 0.6 is 11.6 Å². The van der Waals surface area contributed by atoms with Crippen LogP contribution in [0.15, 0.2) is 0 Å². The van der Waals surface area contributed by atoms with Gasteiger partial charge in [-0.05, 0) is 46.5 Å². The molecule has 13 heavy (non-hydrogen) atoms. The lowest BCUT2D eigenvalue weighted by Gasteiger charge is -2.30. The molecule has 2 heteroatoms. The van der Waals surface area contributed by atoms with Gasteiger partial charge in [-0.15, -0.1) is 11.6 Å². The molecule has 80 valence electrons. The number of hydrogen-bond acceptors (Lipinski definition) is 1. The molecule has 0 aromatic heterocycles. The summed E-state index contributed by atoms with van der Waals surface area (Å²) in [5.74, 6) is 1.39. The van der Waals surface area contributed by atoms with Crippen LogP contribution in [0.25, 0.3) is 0 Å². The second-order valence-corrected chi connectivity index (χ2v) is 5.09. The summed E-state index contributed by atoms with van der Waals surface area (Å²) < 4.78 is 5.81. The summed E-state index contributed by atoms with van der Waals surface area (Å²) in [6.45, 7) is 10.7. The normalized spacial score (nSPS) is 15.0. The molecule has 0 aromatic carbocycles. The highest BCUT2D eigenvalue weighted by molar-refractivity contribution is 6.17. The molecule has 0 N–H and O–H groups in total. The van der Waals surface area contributed by atoms with Gasteiger partial charge in [0, 0.05) is 5.88 Å². The van der Waals surface area contributed by atoms with E-state index in [1.165, 1.54) is 0 Å². The fourth-order valence-corrected chi connectivity index (χ4v) is 2.19. The second kappa shape index (κ2) is 5.87. The molecule has 0 aliphatic carbocycles. The van der Waals surface area contributed by atoms with Crippen LogP contribution in [0.1, 0.15) is 47.5 Å². The quantitative estimate of drug-likeness (QED) is 0.600. The number of ether oxygens (including phenoxy) is 1. The van der Waals surface area contributed by atoms with Gasteiger partial charge in [-0.25, -0.2) is 0 Å². The predicted octanol–water partition coefficient (Wildman–Crippen LogP) is 3.85. The second-order valence-electron chi connectivity index (χ2n) is 4.71. The molecule has 0 unspecified atom stereocenters. The van der Waals surface area contributed by atoms with Gasteiger partial charge in [0.05, 0.1) is 11.7 Å². The molecule has 0 aromatic rings. The van der Waals surface area contributed by atoms with Crippen molar-refractivity contribution in [2.75, 3.05) is 5.88 Å². The SMILES string of the molecule is CC(C)OC(C)(C)C[C@H](C)CCCl. The van der Waals surface area contributed by atoms with Crippen LogP contribution in [-0.4, -0.2) is 17.6 Å². The molecular formula is C11H23ClO. The Balaban J connectivity index is 3.85. The van der Waals surface area contributed by atoms with Crippen LogP contribution in [0.3, 0.4) is 0 Å². The standard InChI is InChI=1S/C11H23ClO/c1-9(2)13-11(4,5)8-10(3)6-7-12/h9-10H,6-8H2,1-5H3/t10-/m1/s1. The average molecular weight is 207 g/mol. The van der Waals surface area contributed by atoms with Crippen molar-refractivity contribution in [3.8, 4) is 0 Å². The minimum atomic E-state index is -0.0142. The summed E-state index contributed by atoms with van der Waals surface area (Å²) in [5, 5.41) is 0. The van der Waals surface area contributed by atoms with Crippen molar-refractivity contribution >= 4 is 11.6 Å². The summed E-state index contributed by atoms with van der Waals surface area (Å²) in [6, 6.07) is 0. The van der Waals surface area contributed by atoms with E-state index in [-0.39, 0.29) is 5.60 Å². The Morgan fingerprint density at radius 3 is 2.15 bits per heavy atom. The highest BCUT2D eigenvalue weighted by atomic mass is 35.5. The molecular weight excluding hydrogens is 184 g/mol. The first kappa shape index (κ1) is 13.2. The van der Waals surface area contributed by atoms with Gasteiger partial charge in [-0.3, -0.25) is 0 Å². The van der Waals surface area contributed by atoms with Gasteiger partial charge in [0.2, 0.25) is 0 Å². The van der Waals surface area contributed by atoms with E-state index in [0.29, 0.717) is 12.0 Å². The Kier molecular flexibility index (Phi) is 5.98. The summed E-state index contributed by atoms with van der Waals surface area (Å²) in [5.41, 5.74) is -0.0142. The minimum Gasteiger partial charge on any atom is -0.373 e. The maximum atomic E-state index is 5.81. The first-order valence-electron chi connectivity index (χ1n) is 5.11. The highest BCUT2D eigenvalue weighted by Crippen LogP contribution is 2.24. The largest absolute Gasteiger partial charge is 0.373 e. The average Bonchev–Trinajstić information content (AvgIpc) is 1.81. The van der Waals surface area contributed by atoms with E-state index in [4.69, 9.17) is 16.3 Å². The molecule has 0 spiro atoms. The highest BCUT2D eigenvalue weighted by Gasteiger charge is 2.22. The maximum absolute atomic E-state index is 5.81. The lowest BCUT2D eigenvalue weighted by molar-refractivity contribution is -0.0679. The Morgan fingerprint density at radius 1 is 1.23 bits per heavy atom. The molecule has 0 saturated heterocycles. The van der Waals surface area contributed by atoms with Gasteiger partial charge in [0.25, 0.3) is 0 Å². The lowest BCUT2D eigenvalue weighted by Crippen LogP contribution is -2.30. The summed E-state index contributed by atoms with van der Waals surface area (Å²) in [7, 11) is 0. The fraction of sp³-hybridized carbons (Fsp3) is 1.00. The van der Waals surface area contributed by atoms with Gasteiger partial charge in [0.15, 0.2) is 0 Å². The smallest absolute Gasteiger partial charge is 0.0632 e. The third kappa shape index (κ3) is 7.33. The number of hydrogen-bond donors (Lipinski definition) is 0. The van der Waals surface area contributed by atoms with Crippen molar-refractivity contribution in [2.24, 2.45) is 5.92 Å². The Labute approximate surface area is 87.8 Å². The van der Waals surface area contributed by atoms with Gasteiger partial charge in [-0.2, -0.15) is 0 Å². The van der Waals surface area contributed by atoms with Gasteiger partial charge in [0.1, 0.15) is 0 Å². The molecule has 0 aliphatic rings. The third-order valence-corrected chi connectivity index (χ3v) is 2.21. The van der Waals surface area contributed by atoms with Crippen LogP contribution in [0.5, 0.6) is 0 Å². The Bertz CT molecular complexity index is 132. The van der Waals surface area contributed by atoms with E-state index < -0.39 is 0 Å². The maximum Gasteiger partial charge on any atom is 0.0632 e. The number of rotatable bonds is 6. The molecule has 0 saturated carbocycles. The van der Waals surface area contributed by atoms with E-state index in [1.54, 1.807) is 0 Å². The van der Waals surface area contributed by atoms with E-state index in [2.05, 4.69) is 34.6 Å². The molecule has 1 atom stereocenters. The monoisotopic (exact) mass is 206 g/mol. The van der Waals surface area contributed by atoms with Crippen LogP contribution in [0.4, 0.5) is 0 Å². The zero-order valence-corrected chi connectivity index (χ0v) is 10.3. The van der Waals surface area contributed by atoms with Crippen molar-refractivity contribution in [2.45, 2.75) is 59.2 Å². The summed E-state index contributed by atoms with van der Waals surface area (Å²) in [6.07, 6.45) is 2.46. The Hall–Kier alpha value is 0.250. The molecule has 0 radical (unpaired) electrons. The topological polar surface area (TPSA) is 9.23 Å². The van der Waals surface area contributed by atoms with Gasteiger partial charge in [-0.1, -0.05) is 6.92 Å². The Morgan fingerprint density at radius 2 is 1.77 bits per heavy atom. The predicted molar refractivity (Wildman–Crippen MR) is 59.4 cm³/mol. The summed E-state index contributed by atoms with van der Waals surface area (Å²) in [4.78, 5) is 0. The molecule has 0 fully saturated rings. The zero-order chi connectivity index (χ0) is 10.5. The lowest BCUT2D eigenvalue weighted by atomic mass is 9.93. The van der Waals surface area contributed by atoms with E-state index >= 15 is 0 Å². The van der Waals surface area contributed by atoms with Crippen molar-refractivity contribution in [3.63, 3.8) is 0 Å². The van der Waals surface area contributed by atoms with E-state index in [9.17, 15) is 0 Å². The van der Waals surface area contributed by atoms with E-state index in [1.807, 2.05) is 0 Å². The van der Waals surface area contributed by atoms with Crippen LogP contribution in [0, 0.1) is 5.92 Å².